The van der Waals surface area contributed by atoms with Crippen molar-refractivity contribution in [3.05, 3.63) is 41.4 Å². The molecule has 2 heterocycles. The number of benzene rings is 1. The topological polar surface area (TPSA) is 92.3 Å². The zero-order valence-electron chi connectivity index (χ0n) is 14.2. The largest absolute Gasteiger partial charge is 0.296 e. The van der Waals surface area contributed by atoms with Crippen molar-refractivity contribution in [3.63, 3.8) is 0 Å². The lowest BCUT2D eigenvalue weighted by Crippen LogP contribution is -2.28. The molecule has 1 aliphatic rings. The smallest absolute Gasteiger partial charge is 0.257 e. The van der Waals surface area contributed by atoms with E-state index in [4.69, 9.17) is 11.6 Å². The van der Waals surface area contributed by atoms with Crippen molar-refractivity contribution in [2.24, 2.45) is 0 Å². The van der Waals surface area contributed by atoms with Gasteiger partial charge in [0, 0.05) is 24.4 Å². The number of amides is 1. The number of nitrogens with one attached hydrogen (secondary N) is 1. The first-order valence-corrected chi connectivity index (χ1v) is 11.7. The Bertz CT molecular complexity index is 956. The third-order valence-corrected chi connectivity index (χ3v) is 8.18. The molecule has 11 heteroatoms. The number of carbonyl (C=O) groups is 1. The van der Waals surface area contributed by atoms with Crippen LogP contribution in [0.2, 0.25) is 5.02 Å². The van der Waals surface area contributed by atoms with Gasteiger partial charge in [0.15, 0.2) is 4.34 Å². The molecule has 0 saturated carbocycles. The summed E-state index contributed by atoms with van der Waals surface area (Å²) in [5, 5.41) is 11.0. The van der Waals surface area contributed by atoms with Crippen LogP contribution in [0, 0.1) is 0 Å². The number of sulfonamides is 1. The second-order valence-electron chi connectivity index (χ2n) is 5.68. The van der Waals surface area contributed by atoms with E-state index in [-0.39, 0.29) is 15.5 Å². The van der Waals surface area contributed by atoms with E-state index in [1.165, 1.54) is 45.6 Å². The lowest BCUT2D eigenvalue weighted by molar-refractivity contribution is 0.102. The van der Waals surface area contributed by atoms with Gasteiger partial charge in [0.2, 0.25) is 15.2 Å². The van der Waals surface area contributed by atoms with Crippen LogP contribution < -0.4 is 5.32 Å². The minimum Gasteiger partial charge on any atom is -0.296 e. The maximum atomic E-state index is 12.8. The van der Waals surface area contributed by atoms with Gasteiger partial charge < -0.3 is 0 Å². The van der Waals surface area contributed by atoms with Gasteiger partial charge in [-0.25, -0.2) is 8.42 Å². The number of halogens is 1. The van der Waals surface area contributed by atoms with E-state index in [1.54, 1.807) is 6.08 Å². The monoisotopic (exact) mass is 444 g/mol. The van der Waals surface area contributed by atoms with Crippen LogP contribution in [0.3, 0.4) is 0 Å². The van der Waals surface area contributed by atoms with Gasteiger partial charge in [-0.2, -0.15) is 4.31 Å². The number of aromatic nitrogens is 2. The fourth-order valence-corrected chi connectivity index (χ4v) is 6.05. The summed E-state index contributed by atoms with van der Waals surface area (Å²) in [6, 6.07) is 4.21. The Labute approximate surface area is 170 Å². The summed E-state index contributed by atoms with van der Waals surface area (Å²) in [4.78, 5) is 12.4. The number of anilines is 1. The lowest BCUT2D eigenvalue weighted by atomic mass is 10.2. The van der Waals surface area contributed by atoms with Crippen molar-refractivity contribution < 1.29 is 13.2 Å². The average Bonchev–Trinajstić information content (AvgIpc) is 3.32. The van der Waals surface area contributed by atoms with Gasteiger partial charge >= 0.3 is 0 Å². The van der Waals surface area contributed by atoms with Crippen LogP contribution >= 0.6 is 34.7 Å². The van der Waals surface area contributed by atoms with E-state index in [0.29, 0.717) is 28.3 Å². The fourth-order valence-electron chi connectivity index (χ4n) is 2.53. The van der Waals surface area contributed by atoms with Crippen molar-refractivity contribution in [2.75, 3.05) is 24.2 Å². The number of nitrogens with zero attached hydrogens (tertiary/aromatic N) is 3. The van der Waals surface area contributed by atoms with Gasteiger partial charge in [-0.1, -0.05) is 40.8 Å². The molecule has 1 saturated heterocycles. The second-order valence-corrected chi connectivity index (χ2v) is 10.2. The zero-order chi connectivity index (χ0) is 19.4. The molecule has 2 aromatic rings. The standard InChI is InChI=1S/C16H17ClN4O3S3/c1-2-9-25-16-20-19-15(26-16)18-14(22)11-5-6-12(17)13(10-11)27(23,24)21-7-3-4-8-21/h2,5-6,10H,1,3-4,7-9H2,(H,18,19,22). The molecule has 144 valence electrons. The van der Waals surface area contributed by atoms with Crippen LogP contribution in [0.4, 0.5) is 5.13 Å². The number of thioether (sulfide) groups is 1. The lowest BCUT2D eigenvalue weighted by Gasteiger charge is -2.17. The van der Waals surface area contributed by atoms with Gasteiger partial charge in [0.1, 0.15) is 4.90 Å². The first-order chi connectivity index (χ1) is 12.9. The summed E-state index contributed by atoms with van der Waals surface area (Å²) < 4.78 is 27.6. The van der Waals surface area contributed by atoms with Crippen molar-refractivity contribution >= 4 is 55.8 Å². The molecular formula is C16H17ClN4O3S3. The minimum absolute atomic E-state index is 0.0572. The summed E-state index contributed by atoms with van der Waals surface area (Å²) in [6.45, 7) is 4.56. The van der Waals surface area contributed by atoms with Gasteiger partial charge in [-0.05, 0) is 31.0 Å². The van der Waals surface area contributed by atoms with Gasteiger partial charge in [-0.15, -0.1) is 16.8 Å². The van der Waals surface area contributed by atoms with Crippen LogP contribution in [0.5, 0.6) is 0 Å². The molecule has 1 N–H and O–H groups in total. The highest BCUT2D eigenvalue weighted by Crippen LogP contribution is 2.29. The highest BCUT2D eigenvalue weighted by Gasteiger charge is 2.29. The Hall–Kier alpha value is -1.46. The fraction of sp³-hybridized carbons (Fsp3) is 0.312. The Kier molecular flexibility index (Phi) is 6.53. The SMILES string of the molecule is C=CCSc1nnc(NC(=O)c2ccc(Cl)c(S(=O)(=O)N3CCCC3)c2)s1. The molecule has 0 spiro atoms. The molecule has 27 heavy (non-hydrogen) atoms. The maximum Gasteiger partial charge on any atom is 0.257 e. The molecule has 0 bridgehead atoms. The third-order valence-electron chi connectivity index (χ3n) is 3.83. The van der Waals surface area contributed by atoms with Crippen LogP contribution in [0.1, 0.15) is 23.2 Å². The van der Waals surface area contributed by atoms with E-state index in [0.717, 1.165) is 12.8 Å². The van der Waals surface area contributed by atoms with Crippen LogP contribution in [-0.2, 0) is 10.0 Å². The Morgan fingerprint density at radius 3 is 2.81 bits per heavy atom. The van der Waals surface area contributed by atoms with Gasteiger partial charge in [-0.3, -0.25) is 10.1 Å². The first kappa shape index (κ1) is 20.3. The molecule has 0 unspecified atom stereocenters. The molecule has 1 aliphatic heterocycles. The summed E-state index contributed by atoms with van der Waals surface area (Å²) in [6.07, 6.45) is 3.39. The molecule has 1 amide bonds. The molecule has 1 fully saturated rings. The third kappa shape index (κ3) is 4.69. The predicted octanol–water partition coefficient (Wildman–Crippen LogP) is 3.51. The number of hydrogen-bond donors (Lipinski definition) is 1. The van der Waals surface area contributed by atoms with Crippen LogP contribution in [0.25, 0.3) is 0 Å². The average molecular weight is 445 g/mol. The quantitative estimate of drug-likeness (QED) is 0.399. The van der Waals surface area contributed by atoms with Gasteiger partial charge in [0.05, 0.1) is 5.02 Å². The Morgan fingerprint density at radius 1 is 1.37 bits per heavy atom. The molecule has 0 aliphatic carbocycles. The van der Waals surface area contributed by atoms with Crippen LogP contribution in [0.15, 0.2) is 40.1 Å². The summed E-state index contributed by atoms with van der Waals surface area (Å²) in [5.74, 6) is 0.221. The summed E-state index contributed by atoms with van der Waals surface area (Å²) in [7, 11) is -3.72. The number of hydrogen-bond acceptors (Lipinski definition) is 7. The Morgan fingerprint density at radius 2 is 2.11 bits per heavy atom. The van der Waals surface area contributed by atoms with E-state index >= 15 is 0 Å². The molecule has 0 atom stereocenters. The minimum atomic E-state index is -3.72. The summed E-state index contributed by atoms with van der Waals surface area (Å²) >= 11 is 8.80. The number of rotatable bonds is 7. The second kappa shape index (κ2) is 8.70. The van der Waals surface area contributed by atoms with Crippen molar-refractivity contribution in [3.8, 4) is 0 Å². The highest BCUT2D eigenvalue weighted by molar-refractivity contribution is 8.01. The predicted molar refractivity (Wildman–Crippen MR) is 108 cm³/mol. The summed E-state index contributed by atoms with van der Waals surface area (Å²) in [5.41, 5.74) is 0.188. The van der Waals surface area contributed by atoms with E-state index in [1.807, 2.05) is 0 Å². The van der Waals surface area contributed by atoms with Crippen LogP contribution in [-0.4, -0.2) is 47.7 Å². The van der Waals surface area contributed by atoms with E-state index < -0.39 is 15.9 Å². The molecular weight excluding hydrogens is 428 g/mol. The van der Waals surface area contributed by atoms with E-state index in [9.17, 15) is 13.2 Å². The maximum absolute atomic E-state index is 12.8. The first-order valence-electron chi connectivity index (χ1n) is 8.10. The zero-order valence-corrected chi connectivity index (χ0v) is 17.4. The molecule has 1 aromatic carbocycles. The van der Waals surface area contributed by atoms with Crippen molar-refractivity contribution in [1.29, 1.82) is 0 Å². The van der Waals surface area contributed by atoms with Crippen molar-refractivity contribution in [1.82, 2.24) is 14.5 Å². The number of carbonyl (C=O) groups excluding carboxylic acids is 1. The Balaban J connectivity index is 1.79. The molecule has 3 rings (SSSR count). The van der Waals surface area contributed by atoms with Crippen molar-refractivity contribution in [2.45, 2.75) is 22.1 Å². The molecule has 7 nitrogen and oxygen atoms in total. The molecule has 1 aromatic heterocycles. The van der Waals surface area contributed by atoms with E-state index in [2.05, 4.69) is 22.1 Å². The van der Waals surface area contributed by atoms with Gasteiger partial charge in [0.25, 0.3) is 5.91 Å². The molecule has 0 radical (unpaired) electrons. The normalized spacial score (nSPS) is 15.0. The highest BCUT2D eigenvalue weighted by atomic mass is 35.5.